The number of carbonyl (C=O) groups is 1. The van der Waals surface area contributed by atoms with Crippen LogP contribution in [0.1, 0.15) is 12.8 Å². The predicted molar refractivity (Wildman–Crippen MR) is 79.9 cm³/mol. The van der Waals surface area contributed by atoms with E-state index in [4.69, 9.17) is 25.8 Å². The maximum Gasteiger partial charge on any atom is 0.373 e. The van der Waals surface area contributed by atoms with Gasteiger partial charge in [0, 0.05) is 5.57 Å². The van der Waals surface area contributed by atoms with Gasteiger partial charge in [-0.05, 0) is 47.7 Å². The average Bonchev–Trinajstić information content (AvgIpc) is 2.52. The minimum absolute atomic E-state index is 0.0409. The van der Waals surface area contributed by atoms with Crippen LogP contribution < -0.4 is 0 Å². The third-order valence-electron chi connectivity index (χ3n) is 3.70. The van der Waals surface area contributed by atoms with E-state index in [1.165, 1.54) is 0 Å². The molecule has 1 N–H and O–H groups in total. The lowest BCUT2D eigenvalue weighted by molar-refractivity contribution is -0.183. The lowest BCUT2D eigenvalue weighted by Gasteiger charge is -2.30. The molecule has 116 valence electrons. The molecule has 0 fully saturated rings. The number of fused-ring (bicyclic) bond motifs is 2. The van der Waals surface area contributed by atoms with Crippen molar-refractivity contribution in [1.82, 2.24) is 0 Å². The summed E-state index contributed by atoms with van der Waals surface area (Å²) >= 11 is 6.16. The topological polar surface area (TPSA) is 65.0 Å². The Balaban J connectivity index is 2.13. The van der Waals surface area contributed by atoms with Crippen LogP contribution >= 0.6 is 11.6 Å². The molecule has 0 saturated carbocycles. The molecule has 0 radical (unpaired) electrons. The van der Waals surface area contributed by atoms with Gasteiger partial charge < -0.3 is 19.3 Å². The second kappa shape index (κ2) is 6.02. The van der Waals surface area contributed by atoms with Crippen LogP contribution in [-0.2, 0) is 19.0 Å². The zero-order chi connectivity index (χ0) is 15.7. The molecule has 3 rings (SSSR count). The molecule has 0 bridgehead atoms. The Morgan fingerprint density at radius 2 is 2.23 bits per heavy atom. The van der Waals surface area contributed by atoms with E-state index in [-0.39, 0.29) is 5.22 Å². The zero-order valence-electron chi connectivity index (χ0n) is 11.9. The van der Waals surface area contributed by atoms with Crippen molar-refractivity contribution in [3.8, 4) is 0 Å². The monoisotopic (exact) mass is 322 g/mol. The van der Waals surface area contributed by atoms with Crippen molar-refractivity contribution in [2.45, 2.75) is 25.2 Å². The van der Waals surface area contributed by atoms with Gasteiger partial charge in [-0.1, -0.05) is 18.2 Å². The molecule has 1 aliphatic heterocycles. The summed E-state index contributed by atoms with van der Waals surface area (Å²) in [6.07, 6.45) is 8.93. The van der Waals surface area contributed by atoms with Gasteiger partial charge in [0.1, 0.15) is 11.9 Å². The van der Waals surface area contributed by atoms with Crippen LogP contribution in [0.15, 0.2) is 58.1 Å². The molecule has 0 amide bonds. The van der Waals surface area contributed by atoms with Crippen molar-refractivity contribution in [2.75, 3.05) is 7.11 Å². The Hall–Kier alpha value is -1.98. The molecule has 5 nitrogen and oxygen atoms in total. The molecule has 2 atom stereocenters. The van der Waals surface area contributed by atoms with E-state index in [1.807, 2.05) is 24.3 Å². The highest BCUT2D eigenvalue weighted by atomic mass is 35.5. The Labute approximate surface area is 132 Å². The normalized spacial score (nSPS) is 30.5. The Morgan fingerprint density at radius 3 is 2.95 bits per heavy atom. The third kappa shape index (κ3) is 2.69. The maximum atomic E-state index is 11.3. The summed E-state index contributed by atoms with van der Waals surface area (Å²) in [5, 5.41) is 9.29. The van der Waals surface area contributed by atoms with Crippen LogP contribution in [0.2, 0.25) is 0 Å². The van der Waals surface area contributed by atoms with E-state index in [1.54, 1.807) is 13.2 Å². The first-order valence-electron chi connectivity index (χ1n) is 6.88. The van der Waals surface area contributed by atoms with Crippen molar-refractivity contribution in [2.24, 2.45) is 0 Å². The van der Waals surface area contributed by atoms with Crippen molar-refractivity contribution in [3.05, 3.63) is 58.1 Å². The molecule has 1 heterocycles. The van der Waals surface area contributed by atoms with E-state index < -0.39 is 18.4 Å². The molecule has 0 spiro atoms. The fraction of sp³-hybridized carbons (Fsp3) is 0.312. The van der Waals surface area contributed by atoms with Gasteiger partial charge in [0.05, 0.1) is 7.11 Å². The van der Waals surface area contributed by atoms with Crippen LogP contribution in [0.5, 0.6) is 0 Å². The number of halogens is 1. The minimum atomic E-state index is -1.47. The summed E-state index contributed by atoms with van der Waals surface area (Å²) in [5.74, 6) is -0.620. The molecule has 0 aromatic heterocycles. The average molecular weight is 323 g/mol. The molecule has 22 heavy (non-hydrogen) atoms. The quantitative estimate of drug-likeness (QED) is 0.846. The largest absolute Gasteiger partial charge is 0.497 e. The summed E-state index contributed by atoms with van der Waals surface area (Å²) in [5.41, 5.74) is 2.60. The first-order chi connectivity index (χ1) is 10.6. The van der Waals surface area contributed by atoms with Gasteiger partial charge in [-0.15, -0.1) is 0 Å². The minimum Gasteiger partial charge on any atom is -0.497 e. The summed E-state index contributed by atoms with van der Waals surface area (Å²) in [6.45, 7) is 0. The van der Waals surface area contributed by atoms with Gasteiger partial charge in [0.2, 0.25) is 0 Å². The van der Waals surface area contributed by atoms with Crippen LogP contribution in [0.25, 0.3) is 0 Å². The van der Waals surface area contributed by atoms with Crippen molar-refractivity contribution in [1.29, 1.82) is 0 Å². The molecular formula is C16H15ClO5. The van der Waals surface area contributed by atoms with Crippen LogP contribution in [0.4, 0.5) is 0 Å². The van der Waals surface area contributed by atoms with E-state index in [9.17, 15) is 9.90 Å². The second-order valence-electron chi connectivity index (χ2n) is 5.01. The van der Waals surface area contributed by atoms with Gasteiger partial charge in [0.15, 0.2) is 5.22 Å². The summed E-state index contributed by atoms with van der Waals surface area (Å²) in [6, 6.07) is 0. The standard InChI is InChI=1S/C16H15ClO5/c1-20-9-6-7-11-10-4-2-3-5-12(10)14(17)22-16(15(18)19)21-13(11)8-9/h3,5-8,13,16H,2,4H2,1H3,(H,18,19)/b11-10-,14-12?. The number of carboxylic acid groups (broad SMARTS) is 1. The molecule has 0 saturated heterocycles. The van der Waals surface area contributed by atoms with Gasteiger partial charge >= 0.3 is 12.3 Å². The van der Waals surface area contributed by atoms with E-state index in [0.717, 1.165) is 24.0 Å². The first kappa shape index (κ1) is 14.9. The van der Waals surface area contributed by atoms with Gasteiger partial charge in [-0.25, -0.2) is 4.79 Å². The smallest absolute Gasteiger partial charge is 0.373 e. The van der Waals surface area contributed by atoms with E-state index in [0.29, 0.717) is 11.3 Å². The van der Waals surface area contributed by atoms with Crippen LogP contribution in [0.3, 0.4) is 0 Å². The maximum absolute atomic E-state index is 11.3. The highest BCUT2D eigenvalue weighted by Gasteiger charge is 2.33. The molecule has 6 heteroatoms. The highest BCUT2D eigenvalue weighted by Crippen LogP contribution is 2.37. The van der Waals surface area contributed by atoms with E-state index >= 15 is 0 Å². The van der Waals surface area contributed by atoms with Gasteiger partial charge in [-0.3, -0.25) is 0 Å². The highest BCUT2D eigenvalue weighted by molar-refractivity contribution is 6.29. The summed E-state index contributed by atoms with van der Waals surface area (Å²) in [7, 11) is 1.55. The Kier molecular flexibility index (Phi) is 4.09. The lowest BCUT2D eigenvalue weighted by Crippen LogP contribution is -2.34. The molecule has 3 aliphatic rings. The number of carboxylic acids is 1. The fourth-order valence-corrected chi connectivity index (χ4v) is 2.92. The second-order valence-corrected chi connectivity index (χ2v) is 5.36. The van der Waals surface area contributed by atoms with Gasteiger partial charge in [0.25, 0.3) is 0 Å². The lowest BCUT2D eigenvalue weighted by atomic mass is 9.87. The Morgan fingerprint density at radius 1 is 1.41 bits per heavy atom. The van der Waals surface area contributed by atoms with Gasteiger partial charge in [-0.2, -0.15) is 0 Å². The number of methoxy groups -OCH3 is 1. The molecule has 0 aromatic rings. The number of aliphatic carboxylic acids is 1. The van der Waals surface area contributed by atoms with Crippen molar-refractivity contribution >= 4 is 17.6 Å². The fourth-order valence-electron chi connectivity index (χ4n) is 2.66. The van der Waals surface area contributed by atoms with Crippen LogP contribution in [-0.4, -0.2) is 30.6 Å². The Bertz CT molecular complexity index is 653. The summed E-state index contributed by atoms with van der Waals surface area (Å²) in [4.78, 5) is 11.3. The zero-order valence-corrected chi connectivity index (χ0v) is 12.7. The van der Waals surface area contributed by atoms with Crippen molar-refractivity contribution in [3.63, 3.8) is 0 Å². The van der Waals surface area contributed by atoms with E-state index in [2.05, 4.69) is 0 Å². The number of rotatable bonds is 2. The molecule has 2 aliphatic carbocycles. The number of ether oxygens (including phenoxy) is 3. The summed E-state index contributed by atoms with van der Waals surface area (Å²) < 4.78 is 16.1. The van der Waals surface area contributed by atoms with Crippen LogP contribution in [0, 0.1) is 0 Å². The van der Waals surface area contributed by atoms with Crippen molar-refractivity contribution < 1.29 is 24.1 Å². The third-order valence-corrected chi connectivity index (χ3v) is 3.99. The number of hydrogen-bond donors (Lipinski definition) is 1. The predicted octanol–water partition coefficient (Wildman–Crippen LogP) is 3.01. The molecular weight excluding hydrogens is 308 g/mol. The molecule has 2 unspecified atom stereocenters. The number of hydrogen-bond acceptors (Lipinski definition) is 4. The SMILES string of the molecule is COC1=CC2OC(C(=O)O)OC(Cl)=C3C=CCC/C3=C/2C=C1. The molecule has 0 aromatic carbocycles. The number of allylic oxidation sites excluding steroid dienone is 5. The first-order valence-corrected chi connectivity index (χ1v) is 7.26.